The van der Waals surface area contributed by atoms with E-state index in [0.29, 0.717) is 24.5 Å². The summed E-state index contributed by atoms with van der Waals surface area (Å²) >= 11 is 0. The lowest BCUT2D eigenvalue weighted by molar-refractivity contribution is -0.0435. The van der Waals surface area contributed by atoms with Gasteiger partial charge in [0.2, 0.25) is 0 Å². The summed E-state index contributed by atoms with van der Waals surface area (Å²) in [5, 5.41) is 0. The highest BCUT2D eigenvalue weighted by atomic mass is 16.7. The van der Waals surface area contributed by atoms with Gasteiger partial charge in [0.1, 0.15) is 5.75 Å². The summed E-state index contributed by atoms with van der Waals surface area (Å²) in [5.74, 6) is 0.267. The van der Waals surface area contributed by atoms with Gasteiger partial charge in [-0.25, -0.2) is 4.79 Å². The summed E-state index contributed by atoms with van der Waals surface area (Å²) in [4.78, 5) is 11.5. The van der Waals surface area contributed by atoms with Crippen LogP contribution in [0, 0.1) is 0 Å². The number of hydrogen-bond donors (Lipinski definition) is 0. The Bertz CT molecular complexity index is 333. The van der Waals surface area contributed by atoms with E-state index in [9.17, 15) is 4.79 Å². The number of methoxy groups -OCH3 is 2. The number of carbonyl (C=O) groups excluding carboxylic acids is 1. The smallest absolute Gasteiger partial charge is 0.340 e. The Balaban J connectivity index is 2.31. The van der Waals surface area contributed by atoms with E-state index in [4.69, 9.17) is 18.9 Å². The van der Waals surface area contributed by atoms with Crippen molar-refractivity contribution in [1.82, 2.24) is 0 Å². The monoisotopic (exact) mass is 240 g/mol. The van der Waals surface area contributed by atoms with Crippen LogP contribution in [0.2, 0.25) is 0 Å². The van der Waals surface area contributed by atoms with Crippen molar-refractivity contribution in [2.75, 3.05) is 34.2 Å². The van der Waals surface area contributed by atoms with Crippen molar-refractivity contribution in [2.24, 2.45) is 0 Å². The fraction of sp³-hybridized carbons (Fsp3) is 0.417. The molecule has 5 nitrogen and oxygen atoms in total. The molecule has 0 amide bonds. The highest BCUT2D eigenvalue weighted by Crippen LogP contribution is 2.11. The molecule has 0 spiro atoms. The summed E-state index contributed by atoms with van der Waals surface area (Å²) in [6.07, 6.45) is 0. The maximum Gasteiger partial charge on any atom is 0.340 e. The second-order valence-corrected chi connectivity index (χ2v) is 3.18. The van der Waals surface area contributed by atoms with Crippen LogP contribution in [0.4, 0.5) is 0 Å². The Morgan fingerprint density at radius 1 is 1.12 bits per heavy atom. The lowest BCUT2D eigenvalue weighted by Gasteiger charge is -2.06. The Hall–Kier alpha value is -1.59. The molecule has 5 heteroatoms. The topological polar surface area (TPSA) is 54.0 Å². The van der Waals surface area contributed by atoms with Crippen molar-refractivity contribution >= 4 is 5.97 Å². The van der Waals surface area contributed by atoms with Gasteiger partial charge in [0.25, 0.3) is 0 Å². The van der Waals surface area contributed by atoms with E-state index in [0.717, 1.165) is 0 Å². The molecular weight excluding hydrogens is 224 g/mol. The molecule has 1 aromatic rings. The number of ether oxygens (including phenoxy) is 4. The highest BCUT2D eigenvalue weighted by molar-refractivity contribution is 5.89. The molecule has 0 saturated carbocycles. The third-order valence-corrected chi connectivity index (χ3v) is 2.03. The summed E-state index contributed by atoms with van der Waals surface area (Å²) < 4.78 is 19.7. The predicted octanol–water partition coefficient (Wildman–Crippen LogP) is 1.47. The normalized spacial score (nSPS) is 10.0. The Morgan fingerprint density at radius 3 is 2.41 bits per heavy atom. The molecule has 0 heterocycles. The van der Waals surface area contributed by atoms with Crippen LogP contribution in [0.15, 0.2) is 24.3 Å². The van der Waals surface area contributed by atoms with Gasteiger partial charge in [0.05, 0.1) is 25.9 Å². The van der Waals surface area contributed by atoms with Crippen molar-refractivity contribution in [3.05, 3.63) is 29.8 Å². The summed E-state index contributed by atoms with van der Waals surface area (Å²) in [6.45, 7) is 0.792. The number of rotatable bonds is 7. The maximum absolute atomic E-state index is 11.5. The molecule has 0 aliphatic carbocycles. The third kappa shape index (κ3) is 4.84. The summed E-state index contributed by atoms with van der Waals surface area (Å²) in [7, 11) is 3.14. The van der Waals surface area contributed by atoms with E-state index in [2.05, 4.69) is 0 Å². The summed E-state index contributed by atoms with van der Waals surface area (Å²) in [5.41, 5.74) is 0.459. The largest absolute Gasteiger partial charge is 0.497 e. The minimum atomic E-state index is -0.426. The highest BCUT2D eigenvalue weighted by Gasteiger charge is 2.06. The molecule has 0 atom stereocenters. The van der Waals surface area contributed by atoms with Crippen LogP contribution in [0.5, 0.6) is 5.75 Å². The number of carbonyl (C=O) groups is 1. The van der Waals surface area contributed by atoms with Crippen LogP contribution in [0.1, 0.15) is 10.4 Å². The van der Waals surface area contributed by atoms with E-state index in [1.165, 1.54) is 0 Å². The third-order valence-electron chi connectivity index (χ3n) is 2.03. The average Bonchev–Trinajstić information content (AvgIpc) is 2.38. The first-order valence-electron chi connectivity index (χ1n) is 5.15. The van der Waals surface area contributed by atoms with Gasteiger partial charge in [-0.15, -0.1) is 0 Å². The Labute approximate surface area is 100 Å². The first kappa shape index (κ1) is 13.5. The van der Waals surface area contributed by atoms with Gasteiger partial charge in [0, 0.05) is 7.11 Å². The van der Waals surface area contributed by atoms with Crippen LogP contribution in [-0.4, -0.2) is 40.2 Å². The second kappa shape index (κ2) is 7.65. The van der Waals surface area contributed by atoms with Crippen LogP contribution in [0.3, 0.4) is 0 Å². The first-order chi connectivity index (χ1) is 8.27. The molecule has 94 valence electrons. The molecule has 1 rings (SSSR count). The zero-order chi connectivity index (χ0) is 12.5. The molecule has 0 fully saturated rings. The molecule has 0 aliphatic heterocycles. The fourth-order valence-electron chi connectivity index (χ4n) is 1.11. The van der Waals surface area contributed by atoms with Gasteiger partial charge in [-0.3, -0.25) is 0 Å². The van der Waals surface area contributed by atoms with E-state index in [1.807, 2.05) is 0 Å². The molecule has 17 heavy (non-hydrogen) atoms. The average molecular weight is 240 g/mol. The Morgan fingerprint density at radius 2 is 1.82 bits per heavy atom. The minimum Gasteiger partial charge on any atom is -0.497 e. The zero-order valence-corrected chi connectivity index (χ0v) is 9.97. The molecule has 0 unspecified atom stereocenters. The molecular formula is C12H16O5. The number of esters is 1. The molecule has 0 saturated heterocycles. The fourth-order valence-corrected chi connectivity index (χ4v) is 1.11. The van der Waals surface area contributed by atoms with E-state index < -0.39 is 5.97 Å². The molecule has 0 radical (unpaired) electrons. The lowest BCUT2D eigenvalue weighted by Crippen LogP contribution is -2.11. The summed E-state index contributed by atoms with van der Waals surface area (Å²) in [6, 6.07) is 6.66. The van der Waals surface area contributed by atoms with Gasteiger partial charge in [0.15, 0.2) is 6.79 Å². The van der Waals surface area contributed by atoms with Crippen LogP contribution >= 0.6 is 0 Å². The van der Waals surface area contributed by atoms with Gasteiger partial charge in [-0.05, 0) is 24.3 Å². The Kier molecular flexibility index (Phi) is 6.06. The quantitative estimate of drug-likeness (QED) is 0.410. The molecule has 0 N–H and O–H groups in total. The van der Waals surface area contributed by atoms with E-state index >= 15 is 0 Å². The zero-order valence-electron chi connectivity index (χ0n) is 9.97. The van der Waals surface area contributed by atoms with Gasteiger partial charge in [-0.1, -0.05) is 0 Å². The van der Waals surface area contributed by atoms with Crippen LogP contribution in [0.25, 0.3) is 0 Å². The number of benzene rings is 1. The van der Waals surface area contributed by atoms with Crippen molar-refractivity contribution in [1.29, 1.82) is 0 Å². The SMILES string of the molecule is COCCOCOC(=O)c1ccc(OC)cc1. The van der Waals surface area contributed by atoms with Crippen molar-refractivity contribution in [3.63, 3.8) is 0 Å². The van der Waals surface area contributed by atoms with Gasteiger partial charge >= 0.3 is 5.97 Å². The molecule has 0 bridgehead atoms. The minimum absolute atomic E-state index is 0.0752. The van der Waals surface area contributed by atoms with E-state index in [-0.39, 0.29) is 6.79 Å². The maximum atomic E-state index is 11.5. The van der Waals surface area contributed by atoms with Crippen molar-refractivity contribution in [2.45, 2.75) is 0 Å². The molecule has 1 aromatic carbocycles. The van der Waals surface area contributed by atoms with Gasteiger partial charge < -0.3 is 18.9 Å². The van der Waals surface area contributed by atoms with Crippen LogP contribution < -0.4 is 4.74 Å². The first-order valence-corrected chi connectivity index (χ1v) is 5.15. The standard InChI is InChI=1S/C12H16O5/c1-14-7-8-16-9-17-12(13)10-3-5-11(15-2)6-4-10/h3-6H,7-9H2,1-2H3. The van der Waals surface area contributed by atoms with Crippen molar-refractivity contribution < 1.29 is 23.7 Å². The van der Waals surface area contributed by atoms with E-state index in [1.54, 1.807) is 38.5 Å². The predicted molar refractivity (Wildman–Crippen MR) is 61.1 cm³/mol. The second-order valence-electron chi connectivity index (χ2n) is 3.18. The molecule has 0 aromatic heterocycles. The van der Waals surface area contributed by atoms with Crippen molar-refractivity contribution in [3.8, 4) is 5.75 Å². The van der Waals surface area contributed by atoms with Crippen LogP contribution in [-0.2, 0) is 14.2 Å². The molecule has 0 aliphatic rings. The lowest BCUT2D eigenvalue weighted by atomic mass is 10.2. The number of hydrogen-bond acceptors (Lipinski definition) is 5. The van der Waals surface area contributed by atoms with Gasteiger partial charge in [-0.2, -0.15) is 0 Å².